The maximum atomic E-state index is 13.5. The van der Waals surface area contributed by atoms with E-state index in [-0.39, 0.29) is 11.5 Å². The Morgan fingerprint density at radius 3 is 1.34 bits per heavy atom. The van der Waals surface area contributed by atoms with Crippen molar-refractivity contribution >= 4 is 29.4 Å². The first-order valence-corrected chi connectivity index (χ1v) is 14.5. The van der Waals surface area contributed by atoms with Gasteiger partial charge in [-0.15, -0.1) is 0 Å². The molecule has 7 rings (SSSR count). The molecular weight excluding hydrogens is 527 g/mol. The summed E-state index contributed by atoms with van der Waals surface area (Å²) in [6, 6.07) is 38.6. The summed E-state index contributed by atoms with van der Waals surface area (Å²) in [6.07, 6.45) is 0. The van der Waals surface area contributed by atoms with E-state index in [0.717, 1.165) is 32.7 Å². The van der Waals surface area contributed by atoms with Crippen molar-refractivity contribution in [1.29, 1.82) is 0 Å². The third-order valence-corrected chi connectivity index (χ3v) is 7.72. The molecule has 1 heterocycles. The molecule has 6 aromatic rings. The van der Waals surface area contributed by atoms with Crippen molar-refractivity contribution in [2.45, 2.75) is 0 Å². The van der Waals surface area contributed by atoms with Gasteiger partial charge in [-0.3, -0.25) is 4.89 Å². The molecule has 0 amide bonds. The van der Waals surface area contributed by atoms with Gasteiger partial charge in [0, 0.05) is 22.3 Å². The zero-order valence-electron chi connectivity index (χ0n) is 21.7. The lowest BCUT2D eigenvalue weighted by molar-refractivity contribution is 0.294. The molecule has 6 aromatic carbocycles. The Morgan fingerprint density at radius 2 is 0.902 bits per heavy atom. The van der Waals surface area contributed by atoms with Crippen LogP contribution >= 0.6 is 7.82 Å². The summed E-state index contributed by atoms with van der Waals surface area (Å²) >= 11 is 0. The van der Waals surface area contributed by atoms with Gasteiger partial charge in [0.15, 0.2) is 11.5 Å². The van der Waals surface area contributed by atoms with E-state index in [0.29, 0.717) is 22.3 Å². The molecule has 0 aliphatic carbocycles. The first kappa shape index (κ1) is 24.8. The molecule has 0 saturated carbocycles. The molecule has 194 valence electrons. The number of benzene rings is 6. The maximum absolute atomic E-state index is 13.5. The Bertz CT molecular complexity index is 1990. The molecular formula is C36H21O4P. The van der Waals surface area contributed by atoms with E-state index in [2.05, 4.69) is 23.7 Å². The lowest BCUT2D eigenvalue weighted by atomic mass is 9.89. The van der Waals surface area contributed by atoms with Gasteiger partial charge in [0.2, 0.25) is 0 Å². The quantitative estimate of drug-likeness (QED) is 0.153. The number of phosphoric acid groups is 1. The zero-order chi connectivity index (χ0) is 27.8. The molecule has 0 fully saturated rings. The van der Waals surface area contributed by atoms with Crippen molar-refractivity contribution in [3.63, 3.8) is 0 Å². The van der Waals surface area contributed by atoms with Gasteiger partial charge >= 0.3 is 7.82 Å². The molecule has 41 heavy (non-hydrogen) atoms. The van der Waals surface area contributed by atoms with E-state index in [1.54, 1.807) is 0 Å². The van der Waals surface area contributed by atoms with Crippen molar-refractivity contribution in [3.8, 4) is 46.3 Å². The van der Waals surface area contributed by atoms with Crippen LogP contribution in [0.4, 0.5) is 0 Å². The average Bonchev–Trinajstić information content (AvgIpc) is 3.13. The second-order valence-electron chi connectivity index (χ2n) is 9.58. The molecule has 0 atom stereocenters. The highest BCUT2D eigenvalue weighted by Crippen LogP contribution is 2.58. The van der Waals surface area contributed by atoms with E-state index < -0.39 is 7.82 Å². The molecule has 1 N–H and O–H groups in total. The minimum atomic E-state index is -4.63. The van der Waals surface area contributed by atoms with Gasteiger partial charge < -0.3 is 9.05 Å². The molecule has 0 unspecified atom stereocenters. The van der Waals surface area contributed by atoms with Crippen LogP contribution < -0.4 is 9.05 Å². The topological polar surface area (TPSA) is 55.8 Å². The Morgan fingerprint density at radius 1 is 0.512 bits per heavy atom. The maximum Gasteiger partial charge on any atom is 0.585 e. The fourth-order valence-corrected chi connectivity index (χ4v) is 5.98. The number of phosphoric ester groups is 1. The van der Waals surface area contributed by atoms with Crippen LogP contribution in [0.3, 0.4) is 0 Å². The summed E-state index contributed by atoms with van der Waals surface area (Å²) in [5.74, 6) is 13.1. The average molecular weight is 549 g/mol. The van der Waals surface area contributed by atoms with Gasteiger partial charge in [-0.05, 0) is 57.9 Å². The predicted octanol–water partition coefficient (Wildman–Crippen LogP) is 8.33. The number of hydrogen-bond donors (Lipinski definition) is 1. The van der Waals surface area contributed by atoms with Crippen LogP contribution in [0.1, 0.15) is 22.3 Å². The van der Waals surface area contributed by atoms with Gasteiger partial charge in [-0.1, -0.05) is 109 Å². The van der Waals surface area contributed by atoms with Gasteiger partial charge in [-0.2, -0.15) is 0 Å². The molecule has 4 nitrogen and oxygen atoms in total. The summed E-state index contributed by atoms with van der Waals surface area (Å²) in [4.78, 5) is 11.0. The van der Waals surface area contributed by atoms with Crippen molar-refractivity contribution in [3.05, 3.63) is 144 Å². The normalized spacial score (nSPS) is 12.8. The molecule has 5 heteroatoms. The number of fused-ring (bicyclic) bond motifs is 7. The first-order chi connectivity index (χ1) is 20.1. The van der Waals surface area contributed by atoms with Crippen LogP contribution in [0, 0.1) is 23.7 Å². The van der Waals surface area contributed by atoms with E-state index >= 15 is 0 Å². The highest BCUT2D eigenvalue weighted by Gasteiger charge is 2.36. The summed E-state index contributed by atoms with van der Waals surface area (Å²) in [5, 5.41) is 3.52. The molecule has 1 aliphatic heterocycles. The Hall–Kier alpha value is -5.25. The third kappa shape index (κ3) is 4.73. The van der Waals surface area contributed by atoms with Crippen LogP contribution in [-0.2, 0) is 4.57 Å². The molecule has 0 spiro atoms. The van der Waals surface area contributed by atoms with Crippen LogP contribution in [0.25, 0.3) is 32.7 Å². The lowest BCUT2D eigenvalue weighted by Gasteiger charge is -2.15. The fourth-order valence-electron chi connectivity index (χ4n) is 5.10. The highest BCUT2D eigenvalue weighted by molar-refractivity contribution is 7.48. The zero-order valence-corrected chi connectivity index (χ0v) is 22.6. The smallest absolute Gasteiger partial charge is 0.393 e. The van der Waals surface area contributed by atoms with Crippen molar-refractivity contribution in [2.24, 2.45) is 0 Å². The lowest BCUT2D eigenvalue weighted by Crippen LogP contribution is -2.00. The van der Waals surface area contributed by atoms with Gasteiger partial charge in [-0.25, -0.2) is 4.57 Å². The van der Waals surface area contributed by atoms with Crippen LogP contribution in [-0.4, -0.2) is 4.89 Å². The molecule has 0 radical (unpaired) electrons. The van der Waals surface area contributed by atoms with Crippen molar-refractivity contribution in [2.75, 3.05) is 0 Å². The van der Waals surface area contributed by atoms with Crippen molar-refractivity contribution < 1.29 is 18.5 Å². The summed E-state index contributed by atoms with van der Waals surface area (Å²) in [7, 11) is -4.63. The van der Waals surface area contributed by atoms with E-state index in [1.807, 2.05) is 121 Å². The van der Waals surface area contributed by atoms with Gasteiger partial charge in [0.25, 0.3) is 0 Å². The number of rotatable bonds is 0. The van der Waals surface area contributed by atoms with Crippen LogP contribution in [0.15, 0.2) is 121 Å². The fraction of sp³-hybridized carbons (Fsp3) is 0. The SMILES string of the molecule is O=P1(O)Oc2c(C#Cc3ccccc3)cc3ccccc3c2-c2c(c(C#Cc3ccccc3)cc3ccccc23)O1. The molecule has 1 aliphatic rings. The third-order valence-electron chi connectivity index (χ3n) is 6.90. The van der Waals surface area contributed by atoms with E-state index in [4.69, 9.17) is 9.05 Å². The second kappa shape index (κ2) is 10.1. The molecule has 0 bridgehead atoms. The first-order valence-electron chi connectivity index (χ1n) is 13.0. The second-order valence-corrected chi connectivity index (χ2v) is 10.9. The van der Waals surface area contributed by atoms with Gasteiger partial charge in [0.05, 0.1) is 11.1 Å². The Balaban J connectivity index is 1.60. The van der Waals surface area contributed by atoms with E-state index in [9.17, 15) is 9.46 Å². The van der Waals surface area contributed by atoms with Crippen LogP contribution in [0.2, 0.25) is 0 Å². The summed E-state index contributed by atoms with van der Waals surface area (Å²) < 4.78 is 25.2. The minimum Gasteiger partial charge on any atom is -0.393 e. The Kier molecular flexibility index (Phi) is 6.07. The largest absolute Gasteiger partial charge is 0.585 e. The van der Waals surface area contributed by atoms with E-state index in [1.165, 1.54) is 0 Å². The summed E-state index contributed by atoms with van der Waals surface area (Å²) in [5.41, 5.74) is 3.88. The highest BCUT2D eigenvalue weighted by atomic mass is 31.2. The minimum absolute atomic E-state index is 0.204. The summed E-state index contributed by atoms with van der Waals surface area (Å²) in [6.45, 7) is 0. The number of hydrogen-bond acceptors (Lipinski definition) is 3. The van der Waals surface area contributed by atoms with Gasteiger partial charge in [0.1, 0.15) is 0 Å². The standard InChI is InChI=1S/C36H21O4P/c37-41(38)39-35-29(21-19-25-11-3-1-4-12-25)23-27-15-7-9-17-31(27)33(35)34-32-18-10-8-16-28(32)24-30(36(34)40-41)22-20-26-13-5-2-6-14-26/h1-18,23-24H,(H,37,38). The molecule has 0 saturated heterocycles. The molecule has 0 aromatic heterocycles. The van der Waals surface area contributed by atoms with Crippen molar-refractivity contribution in [1.82, 2.24) is 0 Å². The monoisotopic (exact) mass is 548 g/mol. The Labute approximate surface area is 237 Å². The van der Waals surface area contributed by atoms with Crippen LogP contribution in [0.5, 0.6) is 11.5 Å². The predicted molar refractivity (Wildman–Crippen MR) is 163 cm³/mol.